The summed E-state index contributed by atoms with van der Waals surface area (Å²) in [6, 6.07) is -0.180. The Bertz CT molecular complexity index is 328. The van der Waals surface area contributed by atoms with Gasteiger partial charge in [-0.2, -0.15) is 4.98 Å². The van der Waals surface area contributed by atoms with Gasteiger partial charge in [-0.1, -0.05) is 19.0 Å². The van der Waals surface area contributed by atoms with Crippen molar-refractivity contribution in [3.05, 3.63) is 11.7 Å². The number of methoxy groups -OCH3 is 1. The van der Waals surface area contributed by atoms with E-state index in [2.05, 4.69) is 24.0 Å². The minimum absolute atomic E-state index is 0.180. The second-order valence-electron chi connectivity index (χ2n) is 4.64. The van der Waals surface area contributed by atoms with Gasteiger partial charge in [-0.05, 0) is 12.3 Å². The number of hydrogen-bond acceptors (Lipinski definition) is 6. The quantitative estimate of drug-likeness (QED) is 0.672. The van der Waals surface area contributed by atoms with Gasteiger partial charge in [0.1, 0.15) is 0 Å². The Morgan fingerprint density at radius 3 is 2.72 bits per heavy atom. The lowest BCUT2D eigenvalue weighted by Crippen LogP contribution is -2.13. The van der Waals surface area contributed by atoms with E-state index in [1.54, 1.807) is 7.11 Å². The van der Waals surface area contributed by atoms with Gasteiger partial charge in [0.05, 0.1) is 25.9 Å². The lowest BCUT2D eigenvalue weighted by Gasteiger charge is -2.08. The first kappa shape index (κ1) is 15.1. The van der Waals surface area contributed by atoms with Crippen molar-refractivity contribution in [1.29, 1.82) is 0 Å². The third kappa shape index (κ3) is 5.57. The Hall–Kier alpha value is -0.980. The minimum atomic E-state index is -0.180. The number of ether oxygens (including phenoxy) is 2. The van der Waals surface area contributed by atoms with Gasteiger partial charge in [-0.15, -0.1) is 0 Å². The third-order valence-corrected chi connectivity index (χ3v) is 2.43. The van der Waals surface area contributed by atoms with E-state index in [0.29, 0.717) is 43.9 Å². The van der Waals surface area contributed by atoms with E-state index < -0.39 is 0 Å². The van der Waals surface area contributed by atoms with Gasteiger partial charge in [0.25, 0.3) is 0 Å². The second-order valence-corrected chi connectivity index (χ2v) is 4.64. The molecule has 104 valence electrons. The highest BCUT2D eigenvalue weighted by Crippen LogP contribution is 2.16. The topological polar surface area (TPSA) is 83.4 Å². The van der Waals surface area contributed by atoms with Gasteiger partial charge in [-0.3, -0.25) is 0 Å². The second kappa shape index (κ2) is 8.18. The average Bonchev–Trinajstić information content (AvgIpc) is 2.77. The molecule has 2 N–H and O–H groups in total. The van der Waals surface area contributed by atoms with Gasteiger partial charge in [0.2, 0.25) is 5.89 Å². The van der Waals surface area contributed by atoms with Crippen LogP contribution in [0.4, 0.5) is 0 Å². The first-order chi connectivity index (χ1) is 8.63. The number of aromatic nitrogens is 2. The molecule has 1 heterocycles. The summed E-state index contributed by atoms with van der Waals surface area (Å²) in [6.07, 6.45) is 1.47. The maximum Gasteiger partial charge on any atom is 0.243 e. The zero-order valence-electron chi connectivity index (χ0n) is 11.4. The predicted molar refractivity (Wildman–Crippen MR) is 67.1 cm³/mol. The fourth-order valence-corrected chi connectivity index (χ4v) is 1.54. The fraction of sp³-hybridized carbons (Fsp3) is 0.833. The molecule has 1 unspecified atom stereocenters. The highest BCUT2D eigenvalue weighted by Gasteiger charge is 2.15. The van der Waals surface area contributed by atoms with Crippen LogP contribution >= 0.6 is 0 Å². The molecule has 0 fully saturated rings. The van der Waals surface area contributed by atoms with Crippen molar-refractivity contribution in [2.24, 2.45) is 11.7 Å². The molecular formula is C12H23N3O3. The summed E-state index contributed by atoms with van der Waals surface area (Å²) in [5.41, 5.74) is 5.96. The lowest BCUT2D eigenvalue weighted by atomic mass is 10.0. The fourth-order valence-electron chi connectivity index (χ4n) is 1.54. The molecule has 0 radical (unpaired) electrons. The van der Waals surface area contributed by atoms with E-state index in [1.165, 1.54) is 0 Å². The van der Waals surface area contributed by atoms with Crippen molar-refractivity contribution >= 4 is 0 Å². The summed E-state index contributed by atoms with van der Waals surface area (Å²) in [4.78, 5) is 4.27. The molecule has 6 heteroatoms. The molecule has 0 aliphatic heterocycles. The molecule has 6 nitrogen and oxygen atoms in total. The smallest absolute Gasteiger partial charge is 0.243 e. The van der Waals surface area contributed by atoms with Crippen molar-refractivity contribution in [1.82, 2.24) is 10.1 Å². The van der Waals surface area contributed by atoms with Crippen molar-refractivity contribution in [3.63, 3.8) is 0 Å². The van der Waals surface area contributed by atoms with Crippen molar-refractivity contribution < 1.29 is 14.0 Å². The van der Waals surface area contributed by atoms with E-state index >= 15 is 0 Å². The Morgan fingerprint density at radius 1 is 1.28 bits per heavy atom. The minimum Gasteiger partial charge on any atom is -0.382 e. The van der Waals surface area contributed by atoms with Gasteiger partial charge in [-0.25, -0.2) is 0 Å². The molecule has 0 aliphatic rings. The summed E-state index contributed by atoms with van der Waals surface area (Å²) >= 11 is 0. The molecule has 0 saturated carbocycles. The summed E-state index contributed by atoms with van der Waals surface area (Å²) in [6.45, 7) is 5.95. The van der Waals surface area contributed by atoms with Crippen LogP contribution in [0.2, 0.25) is 0 Å². The molecular weight excluding hydrogens is 234 g/mol. The Morgan fingerprint density at radius 2 is 2.06 bits per heavy atom. The van der Waals surface area contributed by atoms with Crippen LogP contribution in [0.5, 0.6) is 0 Å². The van der Waals surface area contributed by atoms with E-state index in [0.717, 1.165) is 6.42 Å². The number of nitrogens with two attached hydrogens (primary N) is 1. The SMILES string of the molecule is COCCOCCc1noc(C(N)CC(C)C)n1. The molecule has 1 rings (SSSR count). The zero-order valence-corrected chi connectivity index (χ0v) is 11.4. The van der Waals surface area contributed by atoms with E-state index in [9.17, 15) is 0 Å². The number of rotatable bonds is 9. The Balaban J connectivity index is 2.29. The summed E-state index contributed by atoms with van der Waals surface area (Å²) in [5, 5.41) is 3.88. The molecule has 0 spiro atoms. The summed E-state index contributed by atoms with van der Waals surface area (Å²) in [5.74, 6) is 1.66. The Labute approximate surface area is 108 Å². The molecule has 0 saturated heterocycles. The third-order valence-electron chi connectivity index (χ3n) is 2.43. The molecule has 0 amide bonds. The summed E-state index contributed by atoms with van der Waals surface area (Å²) in [7, 11) is 1.64. The van der Waals surface area contributed by atoms with Crippen LogP contribution < -0.4 is 5.73 Å². The molecule has 0 aromatic carbocycles. The van der Waals surface area contributed by atoms with Crippen LogP contribution in [-0.4, -0.2) is 37.1 Å². The molecule has 1 aromatic heterocycles. The van der Waals surface area contributed by atoms with Crippen LogP contribution in [0, 0.1) is 5.92 Å². The molecule has 0 aliphatic carbocycles. The van der Waals surface area contributed by atoms with Crippen molar-refractivity contribution in [2.45, 2.75) is 32.7 Å². The van der Waals surface area contributed by atoms with E-state index in [-0.39, 0.29) is 6.04 Å². The van der Waals surface area contributed by atoms with Crippen LogP contribution in [0.1, 0.15) is 38.0 Å². The highest BCUT2D eigenvalue weighted by molar-refractivity contribution is 4.92. The predicted octanol–water partition coefficient (Wildman–Crippen LogP) is 1.32. The largest absolute Gasteiger partial charge is 0.382 e. The maximum atomic E-state index is 5.96. The number of hydrogen-bond donors (Lipinski definition) is 1. The lowest BCUT2D eigenvalue weighted by molar-refractivity contribution is 0.0714. The normalized spacial score (nSPS) is 13.2. The van der Waals surface area contributed by atoms with E-state index in [4.69, 9.17) is 19.7 Å². The van der Waals surface area contributed by atoms with Gasteiger partial charge in [0.15, 0.2) is 5.82 Å². The van der Waals surface area contributed by atoms with Crippen molar-refractivity contribution in [3.8, 4) is 0 Å². The van der Waals surface area contributed by atoms with Crippen LogP contribution in [0.15, 0.2) is 4.52 Å². The van der Waals surface area contributed by atoms with E-state index in [1.807, 2.05) is 0 Å². The monoisotopic (exact) mass is 257 g/mol. The first-order valence-electron chi connectivity index (χ1n) is 6.28. The Kier molecular flexibility index (Phi) is 6.85. The molecule has 1 aromatic rings. The molecule has 0 bridgehead atoms. The van der Waals surface area contributed by atoms with Crippen LogP contribution in [0.3, 0.4) is 0 Å². The zero-order chi connectivity index (χ0) is 13.4. The van der Waals surface area contributed by atoms with Crippen LogP contribution in [-0.2, 0) is 15.9 Å². The van der Waals surface area contributed by atoms with Crippen molar-refractivity contribution in [2.75, 3.05) is 26.9 Å². The molecule has 18 heavy (non-hydrogen) atoms. The van der Waals surface area contributed by atoms with Crippen LogP contribution in [0.25, 0.3) is 0 Å². The van der Waals surface area contributed by atoms with Gasteiger partial charge in [0, 0.05) is 13.5 Å². The van der Waals surface area contributed by atoms with Gasteiger partial charge < -0.3 is 19.7 Å². The first-order valence-corrected chi connectivity index (χ1v) is 6.28. The number of nitrogens with zero attached hydrogens (tertiary/aromatic N) is 2. The maximum absolute atomic E-state index is 5.96. The standard InChI is InChI=1S/C12H23N3O3/c1-9(2)8-10(13)12-14-11(15-18-12)4-5-17-7-6-16-3/h9-10H,4-8,13H2,1-3H3. The molecule has 1 atom stereocenters. The summed E-state index contributed by atoms with van der Waals surface area (Å²) < 4.78 is 15.3. The van der Waals surface area contributed by atoms with Gasteiger partial charge >= 0.3 is 0 Å². The highest BCUT2D eigenvalue weighted by atomic mass is 16.5. The average molecular weight is 257 g/mol.